The molecule has 2 rings (SSSR count). The molecule has 0 bridgehead atoms. The second kappa shape index (κ2) is 9.45. The molecular formula is C19H36O8. The van der Waals surface area contributed by atoms with Crippen LogP contribution in [0.15, 0.2) is 0 Å². The predicted molar refractivity (Wildman–Crippen MR) is 96.6 cm³/mol. The number of hydrogen-bond donors (Lipinski definition) is 6. The van der Waals surface area contributed by atoms with Crippen molar-refractivity contribution in [2.24, 2.45) is 17.3 Å². The zero-order valence-corrected chi connectivity index (χ0v) is 16.4. The van der Waals surface area contributed by atoms with Crippen LogP contribution in [-0.4, -0.2) is 86.8 Å². The molecule has 2 fully saturated rings. The first kappa shape index (κ1) is 23.0. The highest BCUT2D eigenvalue weighted by Crippen LogP contribution is 2.47. The van der Waals surface area contributed by atoms with Gasteiger partial charge in [-0.05, 0) is 49.9 Å². The maximum Gasteiger partial charge on any atom is 0.186 e. The van der Waals surface area contributed by atoms with Gasteiger partial charge in [0.2, 0.25) is 0 Å². The molecule has 1 aliphatic carbocycles. The van der Waals surface area contributed by atoms with E-state index < -0.39 is 49.5 Å². The van der Waals surface area contributed by atoms with Gasteiger partial charge >= 0.3 is 0 Å². The van der Waals surface area contributed by atoms with Crippen molar-refractivity contribution in [3.05, 3.63) is 0 Å². The molecule has 0 aromatic carbocycles. The second-order valence-electron chi connectivity index (χ2n) is 8.91. The Kier molecular flexibility index (Phi) is 8.04. The van der Waals surface area contributed by atoms with Gasteiger partial charge < -0.3 is 40.1 Å². The molecule has 8 heteroatoms. The summed E-state index contributed by atoms with van der Waals surface area (Å²) in [5, 5.41) is 59.1. The summed E-state index contributed by atoms with van der Waals surface area (Å²) in [6.07, 6.45) is -4.68. The molecule has 2 aliphatic rings. The van der Waals surface area contributed by atoms with Crippen molar-refractivity contribution in [3.8, 4) is 0 Å². The summed E-state index contributed by atoms with van der Waals surface area (Å²) in [6, 6.07) is 0. The van der Waals surface area contributed by atoms with E-state index in [4.69, 9.17) is 9.47 Å². The van der Waals surface area contributed by atoms with E-state index in [0.717, 1.165) is 6.42 Å². The van der Waals surface area contributed by atoms with E-state index in [1.54, 1.807) is 6.92 Å². The molecule has 0 unspecified atom stereocenters. The predicted octanol–water partition coefficient (Wildman–Crippen LogP) is -0.623. The number of aliphatic hydroxyl groups is 6. The third kappa shape index (κ3) is 5.61. The van der Waals surface area contributed by atoms with Gasteiger partial charge in [-0.3, -0.25) is 0 Å². The highest BCUT2D eigenvalue weighted by Gasteiger charge is 2.46. The molecule has 1 aliphatic heterocycles. The van der Waals surface area contributed by atoms with Gasteiger partial charge in [0.1, 0.15) is 24.4 Å². The SMILES string of the molecule is C[C@@H](O)CC[C@H]1[C@@H](CO[C@@H]2O[C@H](CO)[C@@H](O)[C@H](O)[C@H]2O)C[C@@H](O)CC1(C)C. The molecular weight excluding hydrogens is 356 g/mol. The van der Waals surface area contributed by atoms with Crippen LogP contribution in [0, 0.1) is 17.3 Å². The summed E-state index contributed by atoms with van der Waals surface area (Å²) < 4.78 is 11.1. The first-order valence-corrected chi connectivity index (χ1v) is 9.85. The Morgan fingerprint density at radius 1 is 1.11 bits per heavy atom. The smallest absolute Gasteiger partial charge is 0.186 e. The Labute approximate surface area is 160 Å². The van der Waals surface area contributed by atoms with Crippen molar-refractivity contribution < 1.29 is 40.1 Å². The van der Waals surface area contributed by atoms with Crippen LogP contribution in [0.3, 0.4) is 0 Å². The molecule has 27 heavy (non-hydrogen) atoms. The summed E-state index contributed by atoms with van der Waals surface area (Å²) in [4.78, 5) is 0. The zero-order valence-electron chi connectivity index (χ0n) is 16.4. The molecule has 0 spiro atoms. The fourth-order valence-corrected chi connectivity index (χ4v) is 4.65. The van der Waals surface area contributed by atoms with Gasteiger partial charge in [0, 0.05) is 0 Å². The largest absolute Gasteiger partial charge is 0.394 e. The summed E-state index contributed by atoms with van der Waals surface area (Å²) in [5.74, 6) is 0.204. The van der Waals surface area contributed by atoms with Crippen molar-refractivity contribution in [2.75, 3.05) is 13.2 Å². The lowest BCUT2D eigenvalue weighted by atomic mass is 9.61. The van der Waals surface area contributed by atoms with Crippen LogP contribution in [-0.2, 0) is 9.47 Å². The normalized spacial score (nSPS) is 43.4. The van der Waals surface area contributed by atoms with Gasteiger partial charge in [0.25, 0.3) is 0 Å². The molecule has 0 amide bonds. The lowest BCUT2D eigenvalue weighted by Gasteiger charge is -2.47. The fourth-order valence-electron chi connectivity index (χ4n) is 4.65. The van der Waals surface area contributed by atoms with Crippen molar-refractivity contribution in [1.29, 1.82) is 0 Å². The number of aliphatic hydroxyl groups excluding tert-OH is 6. The van der Waals surface area contributed by atoms with Crippen LogP contribution >= 0.6 is 0 Å². The van der Waals surface area contributed by atoms with Gasteiger partial charge in [-0.15, -0.1) is 0 Å². The fraction of sp³-hybridized carbons (Fsp3) is 1.00. The number of rotatable bonds is 7. The molecule has 0 aromatic rings. The van der Waals surface area contributed by atoms with Gasteiger partial charge in [0.05, 0.1) is 25.4 Å². The molecule has 0 aromatic heterocycles. The summed E-state index contributed by atoms with van der Waals surface area (Å²) >= 11 is 0. The van der Waals surface area contributed by atoms with Gasteiger partial charge in [0.15, 0.2) is 6.29 Å². The summed E-state index contributed by atoms with van der Waals surface area (Å²) in [5.41, 5.74) is -0.129. The van der Waals surface area contributed by atoms with Crippen LogP contribution in [0.4, 0.5) is 0 Å². The van der Waals surface area contributed by atoms with E-state index in [-0.39, 0.29) is 23.9 Å². The zero-order chi connectivity index (χ0) is 20.4. The van der Waals surface area contributed by atoms with Crippen LogP contribution in [0.5, 0.6) is 0 Å². The second-order valence-corrected chi connectivity index (χ2v) is 8.91. The number of ether oxygens (including phenoxy) is 2. The van der Waals surface area contributed by atoms with E-state index in [0.29, 0.717) is 19.3 Å². The summed E-state index contributed by atoms with van der Waals surface area (Å²) in [6.45, 7) is 5.65. The Bertz CT molecular complexity index is 455. The minimum atomic E-state index is -1.47. The molecule has 1 saturated carbocycles. The third-order valence-electron chi connectivity index (χ3n) is 6.13. The van der Waals surface area contributed by atoms with E-state index in [1.807, 2.05) is 0 Å². The lowest BCUT2D eigenvalue weighted by molar-refractivity contribution is -0.305. The van der Waals surface area contributed by atoms with Crippen molar-refractivity contribution in [1.82, 2.24) is 0 Å². The van der Waals surface area contributed by atoms with Crippen LogP contribution in [0.1, 0.15) is 46.5 Å². The highest BCUT2D eigenvalue weighted by molar-refractivity contribution is 4.93. The lowest BCUT2D eigenvalue weighted by Crippen LogP contribution is -2.59. The van der Waals surface area contributed by atoms with E-state index >= 15 is 0 Å². The number of hydrogen-bond acceptors (Lipinski definition) is 8. The standard InChI is InChI=1S/C19H36O8/c1-10(21)4-5-13-11(6-12(22)7-19(13,2)3)9-26-18-17(25)16(24)15(23)14(8-20)27-18/h10-18,20-25H,4-9H2,1-3H3/t10-,11-,12-,13+,14-,15-,16+,17-,18-/m1/s1. The third-order valence-corrected chi connectivity index (χ3v) is 6.13. The average molecular weight is 392 g/mol. The quantitative estimate of drug-likeness (QED) is 0.337. The molecule has 160 valence electrons. The van der Waals surface area contributed by atoms with Crippen molar-refractivity contribution >= 4 is 0 Å². The molecule has 1 heterocycles. The van der Waals surface area contributed by atoms with Crippen molar-refractivity contribution in [3.63, 3.8) is 0 Å². The van der Waals surface area contributed by atoms with Crippen LogP contribution < -0.4 is 0 Å². The van der Waals surface area contributed by atoms with E-state index in [1.165, 1.54) is 0 Å². The Morgan fingerprint density at radius 2 is 1.78 bits per heavy atom. The van der Waals surface area contributed by atoms with E-state index in [2.05, 4.69) is 13.8 Å². The minimum Gasteiger partial charge on any atom is -0.394 e. The molecule has 9 atom stereocenters. The first-order chi connectivity index (χ1) is 12.6. The molecule has 0 radical (unpaired) electrons. The van der Waals surface area contributed by atoms with Crippen LogP contribution in [0.2, 0.25) is 0 Å². The van der Waals surface area contributed by atoms with Gasteiger partial charge in [-0.25, -0.2) is 0 Å². The Balaban J connectivity index is 2.03. The monoisotopic (exact) mass is 392 g/mol. The topological polar surface area (TPSA) is 140 Å². The van der Waals surface area contributed by atoms with Gasteiger partial charge in [-0.2, -0.15) is 0 Å². The van der Waals surface area contributed by atoms with Gasteiger partial charge in [-0.1, -0.05) is 13.8 Å². The first-order valence-electron chi connectivity index (χ1n) is 9.85. The minimum absolute atomic E-state index is 0.00475. The van der Waals surface area contributed by atoms with Crippen molar-refractivity contribution in [2.45, 2.75) is 89.4 Å². The average Bonchev–Trinajstić information content (AvgIpc) is 2.57. The Morgan fingerprint density at radius 3 is 2.37 bits per heavy atom. The molecule has 8 nitrogen and oxygen atoms in total. The summed E-state index contributed by atoms with van der Waals surface area (Å²) in [7, 11) is 0. The molecule has 1 saturated heterocycles. The maximum absolute atomic E-state index is 10.3. The highest BCUT2D eigenvalue weighted by atomic mass is 16.7. The molecule has 6 N–H and O–H groups in total. The van der Waals surface area contributed by atoms with E-state index in [9.17, 15) is 30.6 Å². The maximum atomic E-state index is 10.3. The Hall–Kier alpha value is -0.320. The van der Waals surface area contributed by atoms with Crippen LogP contribution in [0.25, 0.3) is 0 Å².